The van der Waals surface area contributed by atoms with Gasteiger partial charge in [-0.2, -0.15) is 10.4 Å². The maximum atomic E-state index is 13.3. The fraction of sp³-hybridized carbons (Fsp3) is 0.143. The van der Waals surface area contributed by atoms with Crippen LogP contribution in [0.2, 0.25) is 0 Å². The molecule has 0 spiro atoms. The van der Waals surface area contributed by atoms with Crippen LogP contribution in [0.5, 0.6) is 5.75 Å². The van der Waals surface area contributed by atoms with Crippen LogP contribution in [-0.4, -0.2) is 24.3 Å². The van der Waals surface area contributed by atoms with Crippen LogP contribution < -0.4 is 4.74 Å². The van der Waals surface area contributed by atoms with Crippen molar-refractivity contribution in [2.24, 2.45) is 0 Å². The number of para-hydroxylation sites is 1. The first-order valence-electron chi connectivity index (χ1n) is 11.2. The molecule has 6 nitrogen and oxygen atoms in total. The Balaban J connectivity index is 1.66. The highest BCUT2D eigenvalue weighted by molar-refractivity contribution is 7.95. The summed E-state index contributed by atoms with van der Waals surface area (Å²) in [6, 6.07) is 23.8. The van der Waals surface area contributed by atoms with E-state index in [4.69, 9.17) is 9.84 Å². The maximum Gasteiger partial charge on any atom is 0.216 e. The molecule has 1 aliphatic heterocycles. The molecule has 5 rings (SSSR count). The number of hydrogen-bond donors (Lipinski definition) is 0. The molecule has 0 amide bonds. The van der Waals surface area contributed by atoms with Gasteiger partial charge in [-0.3, -0.25) is 0 Å². The first-order chi connectivity index (χ1) is 16.8. The molecule has 0 aliphatic carbocycles. The number of nitriles is 1. The minimum absolute atomic E-state index is 0.0802. The van der Waals surface area contributed by atoms with Crippen LogP contribution in [0.15, 0.2) is 88.8 Å². The topological polar surface area (TPSA) is 85.0 Å². The van der Waals surface area contributed by atoms with Crippen LogP contribution in [-0.2, 0) is 16.3 Å². The second kappa shape index (κ2) is 8.90. The number of hydrogen-bond acceptors (Lipinski definition) is 5. The number of fused-ring (bicyclic) bond motifs is 1. The molecule has 0 radical (unpaired) electrons. The van der Waals surface area contributed by atoms with Gasteiger partial charge in [-0.1, -0.05) is 35.9 Å². The SMILES string of the molecule is Cc1ccc(S(=O)(=O)/C(C#N)=C/c2cn(-c3ccccc3)nc2-c2ccc3c(c2)C[C@H](C)O3)cc1. The lowest BCUT2D eigenvalue weighted by molar-refractivity contribution is 0.254. The Morgan fingerprint density at radius 1 is 1.11 bits per heavy atom. The van der Waals surface area contributed by atoms with E-state index in [2.05, 4.69) is 0 Å². The zero-order chi connectivity index (χ0) is 24.6. The summed E-state index contributed by atoms with van der Waals surface area (Å²) in [5.74, 6) is 0.848. The molecule has 1 atom stereocenters. The van der Waals surface area contributed by atoms with Crippen molar-refractivity contribution >= 4 is 15.9 Å². The van der Waals surface area contributed by atoms with Crippen molar-refractivity contribution in [3.8, 4) is 28.8 Å². The summed E-state index contributed by atoms with van der Waals surface area (Å²) < 4.78 is 34.0. The lowest BCUT2D eigenvalue weighted by Gasteiger charge is -2.05. The third kappa shape index (κ3) is 4.36. The van der Waals surface area contributed by atoms with Gasteiger partial charge in [0.1, 0.15) is 28.5 Å². The highest BCUT2D eigenvalue weighted by atomic mass is 32.2. The molecule has 0 bridgehead atoms. The van der Waals surface area contributed by atoms with E-state index in [1.54, 1.807) is 23.0 Å². The second-order valence-electron chi connectivity index (χ2n) is 8.61. The fourth-order valence-corrected chi connectivity index (χ4v) is 5.31. The van der Waals surface area contributed by atoms with Gasteiger partial charge in [-0.15, -0.1) is 0 Å². The Bertz CT molecular complexity index is 1580. The van der Waals surface area contributed by atoms with Crippen LogP contribution >= 0.6 is 0 Å². The van der Waals surface area contributed by atoms with Crippen molar-refractivity contribution in [2.45, 2.75) is 31.3 Å². The van der Waals surface area contributed by atoms with E-state index in [-0.39, 0.29) is 15.9 Å². The summed E-state index contributed by atoms with van der Waals surface area (Å²) in [6.45, 7) is 3.90. The normalized spacial score (nSPS) is 15.3. The van der Waals surface area contributed by atoms with Gasteiger partial charge in [0.25, 0.3) is 0 Å². The number of aryl methyl sites for hydroxylation is 1. The van der Waals surface area contributed by atoms with Gasteiger partial charge in [-0.25, -0.2) is 13.1 Å². The maximum absolute atomic E-state index is 13.3. The van der Waals surface area contributed by atoms with Crippen LogP contribution in [0.3, 0.4) is 0 Å². The summed E-state index contributed by atoms with van der Waals surface area (Å²) >= 11 is 0. The van der Waals surface area contributed by atoms with Crippen molar-refractivity contribution in [1.82, 2.24) is 9.78 Å². The molecule has 0 saturated heterocycles. The van der Waals surface area contributed by atoms with E-state index in [1.165, 1.54) is 18.2 Å². The smallest absolute Gasteiger partial charge is 0.216 e. The lowest BCUT2D eigenvalue weighted by Crippen LogP contribution is -2.05. The van der Waals surface area contributed by atoms with E-state index in [0.717, 1.165) is 34.5 Å². The summed E-state index contributed by atoms with van der Waals surface area (Å²) in [5, 5.41) is 14.6. The minimum atomic E-state index is -3.99. The minimum Gasteiger partial charge on any atom is -0.490 e. The van der Waals surface area contributed by atoms with Gasteiger partial charge in [-0.05, 0) is 68.0 Å². The summed E-state index contributed by atoms with van der Waals surface area (Å²) in [7, 11) is -3.99. The van der Waals surface area contributed by atoms with Crippen molar-refractivity contribution in [3.63, 3.8) is 0 Å². The van der Waals surface area contributed by atoms with Gasteiger partial charge in [0, 0.05) is 23.7 Å². The number of aromatic nitrogens is 2. The Kier molecular flexibility index (Phi) is 5.75. The Labute approximate surface area is 204 Å². The molecule has 174 valence electrons. The average Bonchev–Trinajstić information content (AvgIpc) is 3.45. The Morgan fingerprint density at radius 3 is 2.57 bits per heavy atom. The number of rotatable bonds is 5. The standard InChI is InChI=1S/C28H23N3O3S/c1-19-8-11-25(12-9-19)35(32,33)26(17-29)16-23-18-31(24-6-4-3-5-7-24)30-28(23)21-10-13-27-22(15-21)14-20(2)34-27/h3-13,15-16,18,20H,14H2,1-2H3/b26-16+/t20-/m0/s1. The average molecular weight is 482 g/mol. The predicted molar refractivity (Wildman–Crippen MR) is 135 cm³/mol. The zero-order valence-corrected chi connectivity index (χ0v) is 20.2. The van der Waals surface area contributed by atoms with Crippen molar-refractivity contribution in [1.29, 1.82) is 5.26 Å². The van der Waals surface area contributed by atoms with Crippen molar-refractivity contribution in [2.75, 3.05) is 0 Å². The molecule has 0 unspecified atom stereocenters. The van der Waals surface area contributed by atoms with Crippen LogP contribution in [0.1, 0.15) is 23.6 Å². The number of benzene rings is 3. The molecule has 2 heterocycles. The summed E-state index contributed by atoms with van der Waals surface area (Å²) in [6.07, 6.45) is 4.05. The predicted octanol–water partition coefficient (Wildman–Crippen LogP) is 5.51. The van der Waals surface area contributed by atoms with Crippen LogP contribution in [0.25, 0.3) is 23.0 Å². The van der Waals surface area contributed by atoms with Gasteiger partial charge >= 0.3 is 0 Å². The van der Waals surface area contributed by atoms with E-state index in [0.29, 0.717) is 11.3 Å². The molecule has 7 heteroatoms. The molecule has 35 heavy (non-hydrogen) atoms. The Hall–Kier alpha value is -4.15. The number of allylic oxidation sites excluding steroid dienone is 1. The van der Waals surface area contributed by atoms with Gasteiger partial charge in [0.15, 0.2) is 0 Å². The van der Waals surface area contributed by atoms with E-state index < -0.39 is 9.84 Å². The van der Waals surface area contributed by atoms with E-state index in [1.807, 2.05) is 68.4 Å². The van der Waals surface area contributed by atoms with Crippen molar-refractivity contribution < 1.29 is 13.2 Å². The highest BCUT2D eigenvalue weighted by Crippen LogP contribution is 2.35. The largest absolute Gasteiger partial charge is 0.490 e. The molecule has 1 aliphatic rings. The molecule has 0 fully saturated rings. The number of sulfone groups is 1. The molecule has 0 N–H and O–H groups in total. The van der Waals surface area contributed by atoms with Gasteiger partial charge < -0.3 is 4.74 Å². The zero-order valence-electron chi connectivity index (χ0n) is 19.3. The van der Waals surface area contributed by atoms with Gasteiger partial charge in [0.2, 0.25) is 9.84 Å². The molecule has 0 saturated carbocycles. The first kappa shape index (κ1) is 22.6. The second-order valence-corrected chi connectivity index (χ2v) is 10.5. The summed E-state index contributed by atoms with van der Waals surface area (Å²) in [4.78, 5) is -0.259. The van der Waals surface area contributed by atoms with Crippen LogP contribution in [0.4, 0.5) is 0 Å². The molecule has 4 aromatic rings. The molecule has 1 aromatic heterocycles. The quantitative estimate of drug-likeness (QED) is 0.351. The van der Waals surface area contributed by atoms with E-state index >= 15 is 0 Å². The third-order valence-electron chi connectivity index (χ3n) is 5.95. The molecular weight excluding hydrogens is 458 g/mol. The molecule has 3 aromatic carbocycles. The van der Waals surface area contributed by atoms with Crippen molar-refractivity contribution in [3.05, 3.63) is 101 Å². The number of ether oxygens (including phenoxy) is 1. The monoisotopic (exact) mass is 481 g/mol. The number of nitrogens with zero attached hydrogens (tertiary/aromatic N) is 3. The van der Waals surface area contributed by atoms with Gasteiger partial charge in [0.05, 0.1) is 10.6 Å². The summed E-state index contributed by atoms with van der Waals surface area (Å²) in [5.41, 5.74) is 4.79. The first-order valence-corrected chi connectivity index (χ1v) is 12.7. The highest BCUT2D eigenvalue weighted by Gasteiger charge is 2.24. The third-order valence-corrected chi connectivity index (χ3v) is 7.63. The Morgan fingerprint density at radius 2 is 1.86 bits per heavy atom. The molecular formula is C28H23N3O3S. The lowest BCUT2D eigenvalue weighted by atomic mass is 10.0. The fourth-order valence-electron chi connectivity index (χ4n) is 4.16. The van der Waals surface area contributed by atoms with Crippen LogP contribution in [0, 0.1) is 18.3 Å². The van der Waals surface area contributed by atoms with E-state index in [9.17, 15) is 13.7 Å².